The van der Waals surface area contributed by atoms with Gasteiger partial charge in [-0.2, -0.15) is 0 Å². The maximum absolute atomic E-state index is 13.0. The average molecular weight is 1080 g/mol. The zero-order chi connectivity index (χ0) is 55.3. The normalized spacial score (nSPS) is 24.5. The van der Waals surface area contributed by atoms with Crippen molar-refractivity contribution in [2.24, 2.45) is 0 Å². The van der Waals surface area contributed by atoms with Crippen molar-refractivity contribution in [2.75, 3.05) is 26.4 Å². The lowest BCUT2D eigenvalue weighted by molar-refractivity contribution is -0.332. The number of hydrogen-bond donors (Lipinski definition) is 7. The number of ether oxygens (including phenoxy) is 6. The van der Waals surface area contributed by atoms with E-state index in [1.165, 1.54) is 167 Å². The molecule has 4 unspecified atom stereocenters. The van der Waals surface area contributed by atoms with E-state index in [1.54, 1.807) is 0 Å². The SMILES string of the molecule is CCCCCCCCCCC/C=C/C/C=C/CCCC(=O)O[C@@H](COC(=O)CCC/C=C/CCCCCCCCCCCCCCCCCCCC)CO[C@@H]1O[C@H](CO[C@@H]2O[C@H](CO)[C@H](O)C(O)C2O)[C@H](O)C(O)C1O. The second kappa shape index (κ2) is 47.5. The van der Waals surface area contributed by atoms with Crippen LogP contribution >= 0.6 is 0 Å². The van der Waals surface area contributed by atoms with Crippen LogP contribution in [0.1, 0.15) is 245 Å². The Morgan fingerprint density at radius 3 is 1.24 bits per heavy atom. The molecule has 7 N–H and O–H groups in total. The molecule has 0 radical (unpaired) electrons. The Bertz CT molecular complexity index is 1460. The molecule has 2 saturated heterocycles. The van der Waals surface area contributed by atoms with E-state index in [0.717, 1.165) is 32.1 Å². The third kappa shape index (κ3) is 34.0. The van der Waals surface area contributed by atoms with Crippen molar-refractivity contribution in [3.05, 3.63) is 36.5 Å². The maximum Gasteiger partial charge on any atom is 0.306 e. The number of carbonyl (C=O) groups excluding carboxylic acids is 2. The van der Waals surface area contributed by atoms with Gasteiger partial charge in [0.25, 0.3) is 0 Å². The van der Waals surface area contributed by atoms with Crippen molar-refractivity contribution >= 4 is 11.9 Å². The minimum atomic E-state index is -1.78. The molecule has 0 aromatic heterocycles. The summed E-state index contributed by atoms with van der Waals surface area (Å²) in [4.78, 5) is 25.9. The Labute approximate surface area is 459 Å². The zero-order valence-electron chi connectivity index (χ0n) is 47.5. The molecule has 0 saturated carbocycles. The van der Waals surface area contributed by atoms with Crippen molar-refractivity contribution < 1.29 is 73.8 Å². The van der Waals surface area contributed by atoms with Gasteiger partial charge in [-0.05, 0) is 57.8 Å². The minimum absolute atomic E-state index is 0.0971. The molecule has 11 atom stereocenters. The van der Waals surface area contributed by atoms with Gasteiger partial charge < -0.3 is 64.2 Å². The summed E-state index contributed by atoms with van der Waals surface area (Å²) in [6, 6.07) is 0. The van der Waals surface area contributed by atoms with E-state index >= 15 is 0 Å². The van der Waals surface area contributed by atoms with Crippen LogP contribution in [0.25, 0.3) is 0 Å². The highest BCUT2D eigenvalue weighted by Crippen LogP contribution is 2.27. The zero-order valence-corrected chi connectivity index (χ0v) is 47.5. The molecule has 2 rings (SSSR count). The van der Waals surface area contributed by atoms with Gasteiger partial charge in [0.05, 0.1) is 19.8 Å². The fraction of sp³-hybridized carbons (Fsp3) is 0.869. The third-order valence-corrected chi connectivity index (χ3v) is 14.6. The Kier molecular flexibility index (Phi) is 43.7. The molecule has 444 valence electrons. The fourth-order valence-electron chi connectivity index (χ4n) is 9.62. The van der Waals surface area contributed by atoms with Crippen LogP contribution in [-0.4, -0.2) is 142 Å². The molecular weight excluding hydrogens is 973 g/mol. The minimum Gasteiger partial charge on any atom is -0.462 e. The number of hydrogen-bond acceptors (Lipinski definition) is 15. The van der Waals surface area contributed by atoms with Gasteiger partial charge >= 0.3 is 11.9 Å². The molecule has 2 aliphatic heterocycles. The molecule has 15 nitrogen and oxygen atoms in total. The molecular formula is C61H110O15. The van der Waals surface area contributed by atoms with Crippen LogP contribution in [0.2, 0.25) is 0 Å². The first kappa shape index (κ1) is 69.8. The number of carbonyl (C=O) groups is 2. The van der Waals surface area contributed by atoms with Crippen molar-refractivity contribution in [1.82, 2.24) is 0 Å². The summed E-state index contributed by atoms with van der Waals surface area (Å²) in [6.07, 6.45) is 37.6. The van der Waals surface area contributed by atoms with Gasteiger partial charge in [-0.15, -0.1) is 0 Å². The monoisotopic (exact) mass is 1080 g/mol. The maximum atomic E-state index is 13.0. The van der Waals surface area contributed by atoms with E-state index in [1.807, 2.05) is 6.08 Å². The molecule has 0 spiro atoms. The molecule has 15 heteroatoms. The Balaban J connectivity index is 1.74. The Hall–Kier alpha value is -2.28. The van der Waals surface area contributed by atoms with Crippen molar-refractivity contribution in [3.63, 3.8) is 0 Å². The second-order valence-electron chi connectivity index (χ2n) is 21.5. The van der Waals surface area contributed by atoms with Crippen molar-refractivity contribution in [2.45, 2.75) is 313 Å². The first-order valence-corrected chi connectivity index (χ1v) is 30.6. The molecule has 0 aromatic rings. The summed E-state index contributed by atoms with van der Waals surface area (Å²) < 4.78 is 33.6. The van der Waals surface area contributed by atoms with E-state index in [4.69, 9.17) is 28.4 Å². The van der Waals surface area contributed by atoms with E-state index in [2.05, 4.69) is 44.2 Å². The first-order chi connectivity index (χ1) is 37.0. The summed E-state index contributed by atoms with van der Waals surface area (Å²) >= 11 is 0. The van der Waals surface area contributed by atoms with Crippen LogP contribution in [0.5, 0.6) is 0 Å². The number of allylic oxidation sites excluding steroid dienone is 6. The fourth-order valence-corrected chi connectivity index (χ4v) is 9.62. The smallest absolute Gasteiger partial charge is 0.306 e. The standard InChI is InChI=1S/C61H110O15/c1-3-5-7-9-11-13-15-17-19-21-22-23-24-25-26-28-29-31-33-35-37-39-41-43-52(63)71-46-49(74-53(64)44-42-40-38-36-34-32-30-27-20-18-16-14-12-10-8-6-4-2)47-72-60-59(70)57(68)55(66)51(76-60)48-73-61-58(69)56(67)54(65)50(45-62)75-61/h30,32,35-38,49-51,54-62,65-70H,3-29,31,33-34,39-48H2,1-2H3/b32-30+,37-35+,38-36+/t49-,50+,51+,54-,55-,56?,57?,58?,59?,60+,61+/m0/s1. The third-order valence-electron chi connectivity index (χ3n) is 14.6. The number of unbranched alkanes of at least 4 members (excludes halogenated alkanes) is 29. The number of rotatable bonds is 49. The second-order valence-corrected chi connectivity index (χ2v) is 21.5. The van der Waals surface area contributed by atoms with Gasteiger partial charge in [-0.1, -0.05) is 211 Å². The van der Waals surface area contributed by atoms with Gasteiger partial charge in [-0.25, -0.2) is 0 Å². The lowest BCUT2D eigenvalue weighted by atomic mass is 9.98. The molecule has 0 bridgehead atoms. The molecule has 0 amide bonds. The van der Waals surface area contributed by atoms with Crippen molar-refractivity contribution in [1.29, 1.82) is 0 Å². The average Bonchev–Trinajstić information content (AvgIpc) is 3.41. The van der Waals surface area contributed by atoms with E-state index in [-0.39, 0.29) is 19.4 Å². The largest absolute Gasteiger partial charge is 0.462 e. The highest BCUT2D eigenvalue weighted by atomic mass is 16.7. The summed E-state index contributed by atoms with van der Waals surface area (Å²) in [5.74, 6) is -1.01. The van der Waals surface area contributed by atoms with Crippen LogP contribution < -0.4 is 0 Å². The van der Waals surface area contributed by atoms with Gasteiger partial charge in [-0.3, -0.25) is 9.59 Å². The highest BCUT2D eigenvalue weighted by Gasteiger charge is 2.47. The molecule has 2 heterocycles. The highest BCUT2D eigenvalue weighted by molar-refractivity contribution is 5.70. The molecule has 2 aliphatic rings. The molecule has 0 aromatic carbocycles. The van der Waals surface area contributed by atoms with Crippen LogP contribution in [0.4, 0.5) is 0 Å². The van der Waals surface area contributed by atoms with E-state index in [9.17, 15) is 45.3 Å². The lowest BCUT2D eigenvalue weighted by Crippen LogP contribution is -2.61. The number of aliphatic hydroxyl groups is 7. The Morgan fingerprint density at radius 1 is 0.421 bits per heavy atom. The Morgan fingerprint density at radius 2 is 0.789 bits per heavy atom. The number of aliphatic hydroxyl groups excluding tert-OH is 7. The summed E-state index contributed by atoms with van der Waals surface area (Å²) in [5, 5.41) is 72.3. The lowest BCUT2D eigenvalue weighted by Gasteiger charge is -2.42. The number of esters is 2. The van der Waals surface area contributed by atoms with Crippen LogP contribution in [0.15, 0.2) is 36.5 Å². The van der Waals surface area contributed by atoms with Crippen molar-refractivity contribution in [3.8, 4) is 0 Å². The summed E-state index contributed by atoms with van der Waals surface area (Å²) in [7, 11) is 0. The van der Waals surface area contributed by atoms with Gasteiger partial charge in [0.2, 0.25) is 0 Å². The quantitative estimate of drug-likeness (QED) is 0.0171. The molecule has 2 fully saturated rings. The van der Waals surface area contributed by atoms with Crippen LogP contribution in [-0.2, 0) is 38.0 Å². The molecule has 76 heavy (non-hydrogen) atoms. The predicted molar refractivity (Wildman–Crippen MR) is 298 cm³/mol. The first-order valence-electron chi connectivity index (χ1n) is 30.6. The van der Waals surface area contributed by atoms with E-state index in [0.29, 0.717) is 19.3 Å². The summed E-state index contributed by atoms with van der Waals surface area (Å²) in [6.45, 7) is 2.56. The van der Waals surface area contributed by atoms with Gasteiger partial charge in [0.15, 0.2) is 18.7 Å². The summed E-state index contributed by atoms with van der Waals surface area (Å²) in [5.41, 5.74) is 0. The molecule has 0 aliphatic carbocycles. The van der Waals surface area contributed by atoms with Crippen LogP contribution in [0.3, 0.4) is 0 Å². The van der Waals surface area contributed by atoms with E-state index < -0.39 is 99.3 Å². The predicted octanol–water partition coefficient (Wildman–Crippen LogP) is 10.8. The van der Waals surface area contributed by atoms with Gasteiger partial charge in [0.1, 0.15) is 55.4 Å². The van der Waals surface area contributed by atoms with Crippen LogP contribution in [0, 0.1) is 0 Å². The topological polar surface area (TPSA) is 231 Å². The van der Waals surface area contributed by atoms with Gasteiger partial charge in [0, 0.05) is 12.8 Å².